The number of nitrogens with one attached hydrogen (secondary N) is 1. The molecule has 1 saturated heterocycles. The molecule has 0 aromatic heterocycles. The van der Waals surface area contributed by atoms with Crippen LogP contribution in [0.15, 0.2) is 0 Å². The first-order chi connectivity index (χ1) is 9.40. The molecule has 0 aliphatic carbocycles. The third-order valence-electron chi connectivity index (χ3n) is 4.04. The van der Waals surface area contributed by atoms with Crippen LogP contribution in [0.25, 0.3) is 0 Å². The molecule has 0 spiro atoms. The number of amides is 1. The van der Waals surface area contributed by atoms with Crippen LogP contribution in [0.4, 0.5) is 0 Å². The number of nitrogens with zero attached hydrogens (tertiary/aromatic N) is 1. The Kier molecular flexibility index (Phi) is 7.57. The zero-order chi connectivity index (χ0) is 15.1. The van der Waals surface area contributed by atoms with Crippen LogP contribution < -0.4 is 5.32 Å². The Hall–Kier alpha value is -0.570. The van der Waals surface area contributed by atoms with Crippen LogP contribution in [0.5, 0.6) is 0 Å². The summed E-state index contributed by atoms with van der Waals surface area (Å²) in [5, 5.41) is 3.59. The van der Waals surface area contributed by atoms with Crippen molar-refractivity contribution >= 4 is 5.91 Å². The summed E-state index contributed by atoms with van der Waals surface area (Å²) in [4.78, 5) is 14.5. The second kappa shape index (κ2) is 8.66. The summed E-state index contributed by atoms with van der Waals surface area (Å²) < 4.78 is 0. The maximum Gasteiger partial charge on any atom is 0.239 e. The molecule has 20 heavy (non-hydrogen) atoms. The van der Waals surface area contributed by atoms with Gasteiger partial charge in [0.2, 0.25) is 5.91 Å². The Morgan fingerprint density at radius 2 is 1.45 bits per heavy atom. The second-order valence-corrected chi connectivity index (χ2v) is 7.23. The molecule has 0 radical (unpaired) electrons. The van der Waals surface area contributed by atoms with E-state index in [9.17, 15) is 4.79 Å². The van der Waals surface area contributed by atoms with Crippen molar-refractivity contribution in [2.24, 2.45) is 11.8 Å². The van der Waals surface area contributed by atoms with Crippen molar-refractivity contribution in [1.29, 1.82) is 0 Å². The molecule has 0 aromatic rings. The predicted molar refractivity (Wildman–Crippen MR) is 85.7 cm³/mol. The third kappa shape index (κ3) is 6.25. The maximum absolute atomic E-state index is 12.5. The van der Waals surface area contributed by atoms with Gasteiger partial charge in [0.05, 0.1) is 6.04 Å². The number of carbonyl (C=O) groups excluding carboxylic acids is 1. The lowest BCUT2D eigenvalue weighted by molar-refractivity contribution is -0.134. The van der Waals surface area contributed by atoms with Crippen LogP contribution >= 0.6 is 0 Å². The summed E-state index contributed by atoms with van der Waals surface area (Å²) in [6.07, 6.45) is 5.90. The van der Waals surface area contributed by atoms with E-state index >= 15 is 0 Å². The van der Waals surface area contributed by atoms with E-state index in [2.05, 4.69) is 33.0 Å². The molecule has 3 heteroatoms. The summed E-state index contributed by atoms with van der Waals surface area (Å²) in [7, 11) is 0. The standard InChI is InChI=1S/C17H34N2O/c1-13(2)11-16(12-14(3)4)18-15(5)17(20)19-9-7-6-8-10-19/h13-16,18H,6-12H2,1-5H3. The first-order valence-electron chi connectivity index (χ1n) is 8.45. The van der Waals surface area contributed by atoms with Gasteiger partial charge in [-0.25, -0.2) is 0 Å². The van der Waals surface area contributed by atoms with Gasteiger partial charge >= 0.3 is 0 Å². The Balaban J connectivity index is 2.50. The normalized spacial score (nSPS) is 18.1. The SMILES string of the molecule is CC(C)CC(CC(C)C)NC(C)C(=O)N1CCCCC1. The number of hydrogen-bond donors (Lipinski definition) is 1. The maximum atomic E-state index is 12.5. The highest BCUT2D eigenvalue weighted by atomic mass is 16.2. The summed E-state index contributed by atoms with van der Waals surface area (Å²) in [5.41, 5.74) is 0. The number of likely N-dealkylation sites (tertiary alicyclic amines) is 1. The van der Waals surface area contributed by atoms with E-state index in [4.69, 9.17) is 0 Å². The minimum atomic E-state index is -0.0457. The molecule has 1 N–H and O–H groups in total. The van der Waals surface area contributed by atoms with Gasteiger partial charge in [-0.1, -0.05) is 27.7 Å². The van der Waals surface area contributed by atoms with Gasteiger partial charge < -0.3 is 10.2 Å². The molecule has 1 atom stereocenters. The molecule has 1 aliphatic rings. The first-order valence-corrected chi connectivity index (χ1v) is 8.45. The first kappa shape index (κ1) is 17.5. The van der Waals surface area contributed by atoms with Gasteiger partial charge in [0.15, 0.2) is 0 Å². The fourth-order valence-corrected chi connectivity index (χ4v) is 3.18. The predicted octanol–water partition coefficient (Wildman–Crippen LogP) is 3.44. The van der Waals surface area contributed by atoms with E-state index in [0.717, 1.165) is 25.9 Å². The van der Waals surface area contributed by atoms with Crippen LogP contribution in [0.1, 0.15) is 66.7 Å². The third-order valence-corrected chi connectivity index (χ3v) is 4.04. The van der Waals surface area contributed by atoms with E-state index in [1.807, 2.05) is 11.8 Å². The van der Waals surface area contributed by atoms with Crippen LogP contribution in [-0.4, -0.2) is 36.0 Å². The monoisotopic (exact) mass is 282 g/mol. The molecule has 0 saturated carbocycles. The minimum Gasteiger partial charge on any atom is -0.341 e. The van der Waals surface area contributed by atoms with Gasteiger partial charge in [-0.15, -0.1) is 0 Å². The smallest absolute Gasteiger partial charge is 0.239 e. The lowest BCUT2D eigenvalue weighted by Crippen LogP contribution is -2.50. The molecular weight excluding hydrogens is 248 g/mol. The average molecular weight is 282 g/mol. The number of carbonyl (C=O) groups is 1. The fraction of sp³-hybridized carbons (Fsp3) is 0.941. The Labute approximate surface area is 125 Å². The summed E-state index contributed by atoms with van der Waals surface area (Å²) >= 11 is 0. The van der Waals surface area contributed by atoms with Crippen molar-refractivity contribution < 1.29 is 4.79 Å². The zero-order valence-corrected chi connectivity index (χ0v) is 14.1. The van der Waals surface area contributed by atoms with Crippen molar-refractivity contribution in [3.05, 3.63) is 0 Å². The van der Waals surface area contributed by atoms with E-state index in [1.165, 1.54) is 19.3 Å². The van der Waals surface area contributed by atoms with Gasteiger partial charge in [0.25, 0.3) is 0 Å². The van der Waals surface area contributed by atoms with Crippen molar-refractivity contribution in [1.82, 2.24) is 10.2 Å². The second-order valence-electron chi connectivity index (χ2n) is 7.23. The van der Waals surface area contributed by atoms with Crippen LogP contribution in [0, 0.1) is 11.8 Å². The molecule has 1 amide bonds. The molecule has 1 fully saturated rings. The molecule has 3 nitrogen and oxygen atoms in total. The molecule has 118 valence electrons. The van der Waals surface area contributed by atoms with Crippen molar-refractivity contribution in [3.8, 4) is 0 Å². The summed E-state index contributed by atoms with van der Waals surface area (Å²) in [6.45, 7) is 13.0. The molecule has 1 heterocycles. The van der Waals surface area contributed by atoms with Crippen molar-refractivity contribution in [2.45, 2.75) is 78.8 Å². The molecule has 1 unspecified atom stereocenters. The number of piperidine rings is 1. The summed E-state index contributed by atoms with van der Waals surface area (Å²) in [6, 6.07) is 0.411. The highest BCUT2D eigenvalue weighted by Crippen LogP contribution is 2.15. The van der Waals surface area contributed by atoms with E-state index in [1.54, 1.807) is 0 Å². The van der Waals surface area contributed by atoms with Crippen LogP contribution in [-0.2, 0) is 4.79 Å². The average Bonchev–Trinajstić information content (AvgIpc) is 2.37. The van der Waals surface area contributed by atoms with Gasteiger partial charge in [-0.3, -0.25) is 4.79 Å². The molecule has 0 aromatic carbocycles. The molecule has 1 aliphatic heterocycles. The van der Waals surface area contributed by atoms with Crippen molar-refractivity contribution in [2.75, 3.05) is 13.1 Å². The van der Waals surface area contributed by atoms with E-state index in [-0.39, 0.29) is 6.04 Å². The van der Waals surface area contributed by atoms with Crippen LogP contribution in [0.3, 0.4) is 0 Å². The summed E-state index contributed by atoms with van der Waals surface area (Å²) in [5.74, 6) is 1.63. The minimum absolute atomic E-state index is 0.0457. The quantitative estimate of drug-likeness (QED) is 0.776. The largest absolute Gasteiger partial charge is 0.341 e. The van der Waals surface area contributed by atoms with Gasteiger partial charge in [-0.2, -0.15) is 0 Å². The van der Waals surface area contributed by atoms with Crippen molar-refractivity contribution in [3.63, 3.8) is 0 Å². The molecule has 0 bridgehead atoms. The Morgan fingerprint density at radius 3 is 1.90 bits per heavy atom. The van der Waals surface area contributed by atoms with E-state index < -0.39 is 0 Å². The van der Waals surface area contributed by atoms with E-state index in [0.29, 0.717) is 23.8 Å². The lowest BCUT2D eigenvalue weighted by Gasteiger charge is -2.32. The fourth-order valence-electron chi connectivity index (χ4n) is 3.18. The van der Waals surface area contributed by atoms with Gasteiger partial charge in [0, 0.05) is 19.1 Å². The number of rotatable bonds is 7. The van der Waals surface area contributed by atoms with Crippen LogP contribution in [0.2, 0.25) is 0 Å². The molecular formula is C17H34N2O. The zero-order valence-electron chi connectivity index (χ0n) is 14.1. The van der Waals surface area contributed by atoms with Gasteiger partial charge in [-0.05, 0) is 50.9 Å². The Morgan fingerprint density at radius 1 is 0.950 bits per heavy atom. The van der Waals surface area contributed by atoms with Gasteiger partial charge in [0.1, 0.15) is 0 Å². The highest BCUT2D eigenvalue weighted by Gasteiger charge is 2.24. The Bertz CT molecular complexity index is 273. The highest BCUT2D eigenvalue weighted by molar-refractivity contribution is 5.81. The molecule has 1 rings (SSSR count). The lowest BCUT2D eigenvalue weighted by atomic mass is 9.95. The number of hydrogen-bond acceptors (Lipinski definition) is 2. The topological polar surface area (TPSA) is 32.3 Å².